The second kappa shape index (κ2) is 7.51. The highest BCUT2D eigenvalue weighted by Gasteiger charge is 2.34. The highest BCUT2D eigenvalue weighted by atomic mass is 32.2. The van der Waals surface area contributed by atoms with Crippen molar-refractivity contribution >= 4 is 35.0 Å². The van der Waals surface area contributed by atoms with Gasteiger partial charge in [0.15, 0.2) is 16.0 Å². The molecule has 122 valence electrons. The molecular formula is C12H11F3N6S2. The van der Waals surface area contributed by atoms with Crippen LogP contribution >= 0.6 is 24.0 Å². The average Bonchev–Trinajstić information content (AvgIpc) is 2.47. The fourth-order valence-electron chi connectivity index (χ4n) is 1.42. The molecule has 2 rings (SSSR count). The van der Waals surface area contributed by atoms with Crippen molar-refractivity contribution < 1.29 is 13.2 Å². The number of nitrogens with zero attached hydrogens (tertiary/aromatic N) is 4. The number of alkyl halides is 3. The first-order chi connectivity index (χ1) is 10.9. The van der Waals surface area contributed by atoms with Gasteiger partial charge in [-0.3, -0.25) is 0 Å². The summed E-state index contributed by atoms with van der Waals surface area (Å²) in [7, 11) is 0. The molecular weight excluding hydrogens is 349 g/mol. The van der Waals surface area contributed by atoms with Gasteiger partial charge in [-0.15, -0.1) is 0 Å². The molecule has 0 fully saturated rings. The average molecular weight is 360 g/mol. The van der Waals surface area contributed by atoms with Crippen LogP contribution in [0.2, 0.25) is 0 Å². The van der Waals surface area contributed by atoms with Crippen molar-refractivity contribution in [3.8, 4) is 0 Å². The lowest BCUT2D eigenvalue weighted by Gasteiger charge is -2.12. The van der Waals surface area contributed by atoms with E-state index in [1.165, 1.54) is 12.4 Å². The van der Waals surface area contributed by atoms with Crippen LogP contribution in [0, 0.1) is 0 Å². The van der Waals surface area contributed by atoms with Crippen molar-refractivity contribution in [2.75, 3.05) is 11.9 Å². The van der Waals surface area contributed by atoms with Crippen LogP contribution in [0.5, 0.6) is 0 Å². The summed E-state index contributed by atoms with van der Waals surface area (Å²) in [6, 6.07) is 2.44. The molecule has 6 nitrogen and oxygen atoms in total. The minimum Gasteiger partial charge on any atom is -0.363 e. The Balaban J connectivity index is 2.31. The Labute approximate surface area is 139 Å². The van der Waals surface area contributed by atoms with Crippen molar-refractivity contribution in [1.82, 2.24) is 25.3 Å². The Bertz CT molecular complexity index is 680. The van der Waals surface area contributed by atoms with Gasteiger partial charge in [-0.05, 0) is 37.0 Å². The van der Waals surface area contributed by atoms with Gasteiger partial charge in [-0.1, -0.05) is 0 Å². The zero-order chi connectivity index (χ0) is 16.9. The summed E-state index contributed by atoms with van der Waals surface area (Å²) in [6.07, 6.45) is -1.63. The molecule has 0 spiro atoms. The predicted octanol–water partition coefficient (Wildman–Crippen LogP) is 2.74. The van der Waals surface area contributed by atoms with Gasteiger partial charge in [-0.25, -0.2) is 19.9 Å². The van der Waals surface area contributed by atoms with Gasteiger partial charge in [0, 0.05) is 25.0 Å². The van der Waals surface area contributed by atoms with Crippen LogP contribution in [-0.2, 0) is 6.18 Å². The quantitative estimate of drug-likeness (QED) is 0.490. The first-order valence-corrected chi connectivity index (χ1v) is 7.57. The third-order valence-corrected chi connectivity index (χ3v) is 3.35. The first kappa shape index (κ1) is 17.3. The van der Waals surface area contributed by atoms with Gasteiger partial charge in [-0.2, -0.15) is 13.2 Å². The van der Waals surface area contributed by atoms with E-state index in [1.54, 1.807) is 13.0 Å². The fourth-order valence-corrected chi connectivity index (χ4v) is 2.37. The van der Waals surface area contributed by atoms with Crippen molar-refractivity contribution in [2.45, 2.75) is 23.3 Å². The van der Waals surface area contributed by atoms with Crippen molar-refractivity contribution in [3.63, 3.8) is 0 Å². The van der Waals surface area contributed by atoms with E-state index in [9.17, 15) is 13.2 Å². The second-order valence-corrected chi connectivity index (χ2v) is 5.43. The number of nitrogens with one attached hydrogen (secondary N) is 2. The van der Waals surface area contributed by atoms with E-state index in [0.717, 1.165) is 17.8 Å². The molecule has 2 aromatic heterocycles. The highest BCUT2D eigenvalue weighted by molar-refractivity contribution is 7.99. The van der Waals surface area contributed by atoms with Gasteiger partial charge in [0.05, 0.1) is 0 Å². The van der Waals surface area contributed by atoms with Gasteiger partial charge < -0.3 is 10.6 Å². The maximum atomic E-state index is 13.0. The largest absolute Gasteiger partial charge is 0.433 e. The molecule has 2 aromatic rings. The summed E-state index contributed by atoms with van der Waals surface area (Å²) in [5.41, 5.74) is -1.08. The standard InChI is InChI=1S/C12H11F3N6S2/c1-2-16-10(22)21-9-19-7(12(13,14)15)6-8(20-9)23-11-17-4-3-5-18-11/h3-6H,2H2,1H3,(H2,16,19,20,21,22). The molecule has 0 aromatic carbocycles. The van der Waals surface area contributed by atoms with Crippen LogP contribution in [0.1, 0.15) is 12.6 Å². The number of hydrogen-bond donors (Lipinski definition) is 2. The summed E-state index contributed by atoms with van der Waals surface area (Å²) in [5.74, 6) is -0.246. The zero-order valence-electron chi connectivity index (χ0n) is 11.8. The van der Waals surface area contributed by atoms with Gasteiger partial charge in [0.1, 0.15) is 5.03 Å². The van der Waals surface area contributed by atoms with E-state index in [0.29, 0.717) is 6.54 Å². The number of thiocarbonyl (C=S) groups is 1. The summed E-state index contributed by atoms with van der Waals surface area (Å²) in [5, 5.41) is 5.75. The molecule has 0 amide bonds. The molecule has 2 heterocycles. The molecule has 0 bridgehead atoms. The fraction of sp³-hybridized carbons (Fsp3) is 0.250. The lowest BCUT2D eigenvalue weighted by atomic mass is 10.4. The van der Waals surface area contributed by atoms with E-state index >= 15 is 0 Å². The number of aromatic nitrogens is 4. The number of anilines is 1. The van der Waals surface area contributed by atoms with Gasteiger partial charge >= 0.3 is 6.18 Å². The Kier molecular flexibility index (Phi) is 5.66. The summed E-state index contributed by atoms with van der Waals surface area (Å²) < 4.78 is 38.9. The van der Waals surface area contributed by atoms with Crippen LogP contribution in [0.15, 0.2) is 34.7 Å². The molecule has 0 aliphatic heterocycles. The monoisotopic (exact) mass is 360 g/mol. The van der Waals surface area contributed by atoms with Gasteiger partial charge in [0.2, 0.25) is 5.95 Å². The zero-order valence-corrected chi connectivity index (χ0v) is 13.4. The van der Waals surface area contributed by atoms with Crippen LogP contribution in [0.25, 0.3) is 0 Å². The van der Waals surface area contributed by atoms with Crippen LogP contribution in [0.3, 0.4) is 0 Å². The molecule has 0 atom stereocenters. The van der Waals surface area contributed by atoms with Crippen LogP contribution in [-0.4, -0.2) is 31.6 Å². The summed E-state index contributed by atoms with van der Waals surface area (Å²) in [6.45, 7) is 2.32. The molecule has 0 saturated heterocycles. The normalized spacial score (nSPS) is 11.1. The van der Waals surface area contributed by atoms with E-state index in [-0.39, 0.29) is 21.2 Å². The number of hydrogen-bond acceptors (Lipinski definition) is 6. The van der Waals surface area contributed by atoms with Crippen LogP contribution in [0.4, 0.5) is 19.1 Å². The molecule has 0 radical (unpaired) electrons. The molecule has 11 heteroatoms. The predicted molar refractivity (Wildman–Crippen MR) is 83.1 cm³/mol. The smallest absolute Gasteiger partial charge is 0.363 e. The van der Waals surface area contributed by atoms with Crippen LogP contribution < -0.4 is 10.6 Å². The molecule has 23 heavy (non-hydrogen) atoms. The molecule has 2 N–H and O–H groups in total. The SMILES string of the molecule is CCNC(=S)Nc1nc(Sc2ncccn2)cc(C(F)(F)F)n1. The Morgan fingerprint density at radius 3 is 2.57 bits per heavy atom. The van der Waals surface area contributed by atoms with E-state index in [2.05, 4.69) is 30.6 Å². The summed E-state index contributed by atoms with van der Waals surface area (Å²) >= 11 is 5.83. The van der Waals surface area contributed by atoms with E-state index < -0.39 is 11.9 Å². The number of rotatable bonds is 4. The van der Waals surface area contributed by atoms with Crippen molar-refractivity contribution in [1.29, 1.82) is 0 Å². The first-order valence-electron chi connectivity index (χ1n) is 6.34. The molecule has 0 unspecified atom stereocenters. The minimum atomic E-state index is -4.61. The third kappa shape index (κ3) is 5.28. The third-order valence-electron chi connectivity index (χ3n) is 2.29. The maximum absolute atomic E-state index is 13.0. The lowest BCUT2D eigenvalue weighted by molar-refractivity contribution is -0.141. The number of halogens is 3. The molecule has 0 saturated carbocycles. The Morgan fingerprint density at radius 1 is 1.26 bits per heavy atom. The van der Waals surface area contributed by atoms with Crippen molar-refractivity contribution in [3.05, 3.63) is 30.2 Å². The Hall–Kier alpha value is -2.01. The van der Waals surface area contributed by atoms with E-state index in [4.69, 9.17) is 12.2 Å². The van der Waals surface area contributed by atoms with E-state index in [1.807, 2.05) is 0 Å². The topological polar surface area (TPSA) is 75.6 Å². The highest BCUT2D eigenvalue weighted by Crippen LogP contribution is 2.32. The van der Waals surface area contributed by atoms with Gasteiger partial charge in [0.25, 0.3) is 0 Å². The lowest BCUT2D eigenvalue weighted by Crippen LogP contribution is -2.29. The summed E-state index contributed by atoms with van der Waals surface area (Å²) in [4.78, 5) is 15.3. The maximum Gasteiger partial charge on any atom is 0.433 e. The second-order valence-electron chi connectivity index (χ2n) is 4.03. The molecule has 0 aliphatic rings. The Morgan fingerprint density at radius 2 is 1.96 bits per heavy atom. The molecule has 0 aliphatic carbocycles. The minimum absolute atomic E-state index is 0.0559. The van der Waals surface area contributed by atoms with Crippen molar-refractivity contribution in [2.24, 2.45) is 0 Å².